The number of hydrogen-bond donors (Lipinski definition) is 1. The number of sulfonamides is 1. The zero-order valence-corrected chi connectivity index (χ0v) is 13.8. The van der Waals surface area contributed by atoms with Gasteiger partial charge in [-0.1, -0.05) is 18.2 Å². The molecule has 23 heavy (non-hydrogen) atoms. The summed E-state index contributed by atoms with van der Waals surface area (Å²) in [5.41, 5.74) is 7.72. The Morgan fingerprint density at radius 3 is 2.57 bits per heavy atom. The summed E-state index contributed by atoms with van der Waals surface area (Å²) in [7, 11) is -3.64. The van der Waals surface area contributed by atoms with E-state index in [1.54, 1.807) is 24.3 Å². The van der Waals surface area contributed by atoms with Gasteiger partial charge in [-0.05, 0) is 49.2 Å². The van der Waals surface area contributed by atoms with Gasteiger partial charge in [-0.2, -0.15) is 0 Å². The minimum absolute atomic E-state index is 0.206. The third-order valence-corrected chi connectivity index (χ3v) is 5.66. The Bertz CT molecular complexity index is 788. The van der Waals surface area contributed by atoms with Crippen molar-refractivity contribution in [2.24, 2.45) is 5.73 Å². The first-order valence-corrected chi connectivity index (χ1v) is 9.05. The average molecular weight is 332 g/mol. The van der Waals surface area contributed by atoms with Crippen LogP contribution >= 0.6 is 0 Å². The molecule has 0 bridgehead atoms. The van der Waals surface area contributed by atoms with Crippen molar-refractivity contribution < 1.29 is 13.2 Å². The van der Waals surface area contributed by atoms with E-state index in [2.05, 4.69) is 0 Å². The van der Waals surface area contributed by atoms with Gasteiger partial charge in [0.15, 0.2) is 0 Å². The van der Waals surface area contributed by atoms with Gasteiger partial charge in [-0.25, -0.2) is 8.42 Å². The molecule has 5 nitrogen and oxygen atoms in total. The van der Waals surface area contributed by atoms with Crippen molar-refractivity contribution in [2.45, 2.75) is 24.3 Å². The molecular weight excluding hydrogens is 312 g/mol. The highest BCUT2D eigenvalue weighted by atomic mass is 32.2. The maximum Gasteiger partial charge on any atom is 0.264 e. The van der Waals surface area contributed by atoms with E-state index in [-0.39, 0.29) is 17.5 Å². The zero-order valence-electron chi connectivity index (χ0n) is 13.0. The smallest absolute Gasteiger partial charge is 0.264 e. The van der Waals surface area contributed by atoms with E-state index in [9.17, 15) is 8.42 Å². The van der Waals surface area contributed by atoms with E-state index in [0.717, 1.165) is 5.56 Å². The van der Waals surface area contributed by atoms with Gasteiger partial charge in [-0.3, -0.25) is 4.31 Å². The Kier molecular flexibility index (Phi) is 4.28. The van der Waals surface area contributed by atoms with Crippen molar-refractivity contribution in [3.8, 4) is 5.75 Å². The topological polar surface area (TPSA) is 72.6 Å². The molecule has 0 aliphatic carbocycles. The molecule has 1 unspecified atom stereocenters. The Balaban J connectivity index is 1.99. The fraction of sp³-hybridized carbons (Fsp3) is 0.294. The number of fused-ring (bicyclic) bond motifs is 1. The zero-order chi connectivity index (χ0) is 16.4. The molecule has 1 aliphatic rings. The van der Waals surface area contributed by atoms with Crippen LogP contribution < -0.4 is 14.8 Å². The maximum atomic E-state index is 13.0. The number of para-hydroxylation sites is 1. The Morgan fingerprint density at radius 2 is 1.87 bits per heavy atom. The lowest BCUT2D eigenvalue weighted by molar-refractivity contribution is 0.340. The van der Waals surface area contributed by atoms with E-state index in [4.69, 9.17) is 10.5 Å². The standard InChI is InChI=1S/C17H20N2O3S/c1-2-22-15-7-9-16(10-8-15)23(20,21)19-12-14(18)11-13-5-3-4-6-17(13)19/h3-10,14H,2,11-12,18H2,1H3. The fourth-order valence-electron chi connectivity index (χ4n) is 2.81. The van der Waals surface area contributed by atoms with Crippen LogP contribution in [0.1, 0.15) is 12.5 Å². The number of hydrogen-bond acceptors (Lipinski definition) is 4. The first-order valence-electron chi connectivity index (χ1n) is 7.61. The molecule has 0 aromatic heterocycles. The molecule has 0 radical (unpaired) electrons. The molecule has 2 N–H and O–H groups in total. The van der Waals surface area contributed by atoms with E-state index in [1.165, 1.54) is 4.31 Å². The van der Waals surface area contributed by atoms with Crippen LogP contribution in [0, 0.1) is 0 Å². The fourth-order valence-corrected chi connectivity index (χ4v) is 4.37. The van der Waals surface area contributed by atoms with Crippen LogP contribution in [-0.2, 0) is 16.4 Å². The Labute approximate surface area is 136 Å². The molecule has 0 saturated carbocycles. The SMILES string of the molecule is CCOc1ccc(S(=O)(=O)N2CC(N)Cc3ccccc32)cc1. The van der Waals surface area contributed by atoms with Crippen LogP contribution in [0.15, 0.2) is 53.4 Å². The summed E-state index contributed by atoms with van der Waals surface area (Å²) in [4.78, 5) is 0.241. The Morgan fingerprint density at radius 1 is 1.17 bits per heavy atom. The molecule has 0 spiro atoms. The molecule has 1 atom stereocenters. The summed E-state index contributed by atoms with van der Waals surface area (Å²) in [5, 5.41) is 0. The molecule has 1 heterocycles. The van der Waals surface area contributed by atoms with E-state index in [1.807, 2.05) is 31.2 Å². The predicted molar refractivity (Wildman–Crippen MR) is 90.3 cm³/mol. The summed E-state index contributed by atoms with van der Waals surface area (Å²) in [6.45, 7) is 2.71. The highest BCUT2D eigenvalue weighted by Gasteiger charge is 2.31. The van der Waals surface area contributed by atoms with Crippen molar-refractivity contribution >= 4 is 15.7 Å². The second-order valence-corrected chi connectivity index (χ2v) is 7.40. The summed E-state index contributed by atoms with van der Waals surface area (Å²) in [5.74, 6) is 0.655. The number of nitrogens with two attached hydrogens (primary N) is 1. The van der Waals surface area contributed by atoms with Crippen molar-refractivity contribution in [2.75, 3.05) is 17.5 Å². The number of benzene rings is 2. The van der Waals surface area contributed by atoms with Crippen molar-refractivity contribution in [1.29, 1.82) is 0 Å². The molecule has 6 heteroatoms. The molecule has 2 aromatic carbocycles. The first-order chi connectivity index (χ1) is 11.0. The minimum atomic E-state index is -3.64. The van der Waals surface area contributed by atoms with Crippen LogP contribution in [0.2, 0.25) is 0 Å². The number of ether oxygens (including phenoxy) is 1. The van der Waals surface area contributed by atoms with Crippen molar-refractivity contribution in [1.82, 2.24) is 0 Å². The molecule has 0 amide bonds. The maximum absolute atomic E-state index is 13.0. The van der Waals surface area contributed by atoms with Crippen molar-refractivity contribution in [3.05, 3.63) is 54.1 Å². The van der Waals surface area contributed by atoms with Crippen LogP contribution in [0.3, 0.4) is 0 Å². The first kappa shape index (κ1) is 15.8. The van der Waals surface area contributed by atoms with Gasteiger partial charge in [-0.15, -0.1) is 0 Å². The minimum Gasteiger partial charge on any atom is -0.494 e. The quantitative estimate of drug-likeness (QED) is 0.931. The van der Waals surface area contributed by atoms with Gasteiger partial charge in [0.2, 0.25) is 0 Å². The Hall–Kier alpha value is -2.05. The summed E-state index contributed by atoms with van der Waals surface area (Å²) in [6.07, 6.45) is 0.686. The highest BCUT2D eigenvalue weighted by molar-refractivity contribution is 7.92. The number of anilines is 1. The molecule has 2 aromatic rings. The molecular formula is C17H20N2O3S. The molecule has 0 fully saturated rings. The number of rotatable bonds is 4. The van der Waals surface area contributed by atoms with Crippen LogP contribution in [0.5, 0.6) is 5.75 Å². The molecule has 122 valence electrons. The second-order valence-electron chi connectivity index (χ2n) is 5.53. The van der Waals surface area contributed by atoms with E-state index in [0.29, 0.717) is 24.5 Å². The largest absolute Gasteiger partial charge is 0.494 e. The van der Waals surface area contributed by atoms with Gasteiger partial charge in [0.1, 0.15) is 5.75 Å². The van der Waals surface area contributed by atoms with Gasteiger partial charge in [0, 0.05) is 12.6 Å². The summed E-state index contributed by atoms with van der Waals surface area (Å²) in [6, 6.07) is 13.8. The average Bonchev–Trinajstić information content (AvgIpc) is 2.55. The van der Waals surface area contributed by atoms with E-state index >= 15 is 0 Å². The molecule has 1 aliphatic heterocycles. The third-order valence-electron chi connectivity index (χ3n) is 3.87. The monoisotopic (exact) mass is 332 g/mol. The number of nitrogens with zero attached hydrogens (tertiary/aromatic N) is 1. The second kappa shape index (κ2) is 6.22. The summed E-state index contributed by atoms with van der Waals surface area (Å²) >= 11 is 0. The van der Waals surface area contributed by atoms with Crippen LogP contribution in [0.4, 0.5) is 5.69 Å². The van der Waals surface area contributed by atoms with E-state index < -0.39 is 10.0 Å². The van der Waals surface area contributed by atoms with Crippen LogP contribution in [0.25, 0.3) is 0 Å². The van der Waals surface area contributed by atoms with Gasteiger partial charge in [0.25, 0.3) is 10.0 Å². The lowest BCUT2D eigenvalue weighted by Gasteiger charge is -2.33. The van der Waals surface area contributed by atoms with Gasteiger partial charge >= 0.3 is 0 Å². The van der Waals surface area contributed by atoms with Crippen LogP contribution in [-0.4, -0.2) is 27.6 Å². The van der Waals surface area contributed by atoms with Gasteiger partial charge in [0.05, 0.1) is 17.2 Å². The predicted octanol–water partition coefficient (Wildman–Crippen LogP) is 2.16. The summed E-state index contributed by atoms with van der Waals surface area (Å²) < 4.78 is 32.8. The third kappa shape index (κ3) is 3.04. The molecule has 3 rings (SSSR count). The highest BCUT2D eigenvalue weighted by Crippen LogP contribution is 2.31. The normalized spacial score (nSPS) is 17.7. The molecule has 0 saturated heterocycles. The van der Waals surface area contributed by atoms with Crippen molar-refractivity contribution in [3.63, 3.8) is 0 Å². The lowest BCUT2D eigenvalue weighted by Crippen LogP contribution is -2.46. The van der Waals surface area contributed by atoms with Gasteiger partial charge < -0.3 is 10.5 Å². The lowest BCUT2D eigenvalue weighted by atomic mass is 10.0.